The third kappa shape index (κ3) is 3.55. The second kappa shape index (κ2) is 9.36. The number of carbonyl (C=O) groups is 2. The minimum atomic E-state index is -1.46. The van der Waals surface area contributed by atoms with Crippen LogP contribution in [0, 0.1) is 23.7 Å². The molecule has 2 heterocycles. The molecule has 0 radical (unpaired) electrons. The van der Waals surface area contributed by atoms with E-state index in [1.807, 2.05) is 14.0 Å². The van der Waals surface area contributed by atoms with Gasteiger partial charge in [0.2, 0.25) is 0 Å². The Balaban J connectivity index is 1.46. The highest BCUT2D eigenvalue weighted by molar-refractivity contribution is 6.23. The summed E-state index contributed by atoms with van der Waals surface area (Å²) in [4.78, 5) is 28.5. The average molecular weight is 499 g/mol. The van der Waals surface area contributed by atoms with Crippen LogP contribution >= 0.6 is 11.6 Å². The van der Waals surface area contributed by atoms with E-state index in [2.05, 4.69) is 10.4 Å². The van der Waals surface area contributed by atoms with E-state index in [-0.39, 0.29) is 47.7 Å². The first-order valence-electron chi connectivity index (χ1n) is 12.8. The van der Waals surface area contributed by atoms with Crippen LogP contribution in [0.1, 0.15) is 45.4 Å². The largest absolute Gasteiger partial charge is 0.381 e. The van der Waals surface area contributed by atoms with E-state index >= 15 is 0 Å². The number of carbonyl (C=O) groups excluding carboxylic acids is 2. The molecule has 0 amide bonds. The lowest BCUT2D eigenvalue weighted by Crippen LogP contribution is -2.62. The fourth-order valence-electron chi connectivity index (χ4n) is 7.87. The smallest absolute Gasteiger partial charge is 0.188 e. The summed E-state index contributed by atoms with van der Waals surface area (Å²) < 4.78 is 23.4. The van der Waals surface area contributed by atoms with Crippen molar-refractivity contribution in [2.45, 2.75) is 92.9 Å². The molecule has 1 spiro atoms. The summed E-state index contributed by atoms with van der Waals surface area (Å²) in [5.41, 5.74) is 2.10. The van der Waals surface area contributed by atoms with Gasteiger partial charge in [-0.25, -0.2) is 5.01 Å². The van der Waals surface area contributed by atoms with Crippen LogP contribution in [0.2, 0.25) is 0 Å². The molecular formula is C25H39ClN2O6. The fourth-order valence-corrected chi connectivity index (χ4v) is 8.28. The standard InChI is InChI=1S/C25H39ClN2O6/c1-12-10-15-18(21(28(2)27-15)13-6-8-14(31-3)9-7-13)23(29)25(12)24(30)19-16(32-4)11-17(33-5)20(26)22(19)34-25/h12-22,27H,6-11H2,1-5H3/t12-,13?,14?,15?,16?,17?,18?,19?,20?,21?,22?,25+/m1/s1. The van der Waals surface area contributed by atoms with Crippen LogP contribution < -0.4 is 5.43 Å². The van der Waals surface area contributed by atoms with E-state index in [4.69, 9.17) is 30.5 Å². The van der Waals surface area contributed by atoms with Crippen molar-refractivity contribution in [2.75, 3.05) is 28.4 Å². The molecule has 5 rings (SSSR count). The Morgan fingerprint density at radius 1 is 0.971 bits per heavy atom. The molecule has 3 aliphatic carbocycles. The van der Waals surface area contributed by atoms with Crippen molar-refractivity contribution in [1.29, 1.82) is 0 Å². The summed E-state index contributed by atoms with van der Waals surface area (Å²) >= 11 is 6.78. The third-order valence-electron chi connectivity index (χ3n) is 9.61. The van der Waals surface area contributed by atoms with Gasteiger partial charge in [-0.1, -0.05) is 6.92 Å². The Morgan fingerprint density at radius 3 is 2.24 bits per heavy atom. The number of hydrogen-bond acceptors (Lipinski definition) is 8. The van der Waals surface area contributed by atoms with Crippen molar-refractivity contribution in [1.82, 2.24) is 10.4 Å². The molecule has 3 saturated carbocycles. The summed E-state index contributed by atoms with van der Waals surface area (Å²) in [5, 5.41) is 1.62. The van der Waals surface area contributed by atoms with Gasteiger partial charge in [0.25, 0.3) is 0 Å². The molecule has 2 saturated heterocycles. The zero-order valence-corrected chi connectivity index (χ0v) is 21.6. The Labute approximate surface area is 207 Å². The average Bonchev–Trinajstić information content (AvgIpc) is 3.33. The number of hydrogen-bond donors (Lipinski definition) is 1. The van der Waals surface area contributed by atoms with Crippen LogP contribution in [-0.4, -0.2) is 92.4 Å². The van der Waals surface area contributed by atoms with Gasteiger partial charge in [-0.2, -0.15) is 0 Å². The number of ketones is 2. The summed E-state index contributed by atoms with van der Waals surface area (Å²) in [6.45, 7) is 1.97. The molecule has 1 N–H and O–H groups in total. The number of hydrazine groups is 1. The zero-order valence-electron chi connectivity index (χ0n) is 20.9. The maximum atomic E-state index is 14.4. The lowest BCUT2D eigenvalue weighted by molar-refractivity contribution is -0.170. The highest BCUT2D eigenvalue weighted by Gasteiger charge is 2.71. The predicted octanol–water partition coefficient (Wildman–Crippen LogP) is 1.97. The molecule has 0 aromatic rings. The van der Waals surface area contributed by atoms with Crippen molar-refractivity contribution >= 4 is 23.2 Å². The molecular weight excluding hydrogens is 460 g/mol. The maximum absolute atomic E-state index is 14.4. The van der Waals surface area contributed by atoms with Crippen molar-refractivity contribution in [2.24, 2.45) is 23.7 Å². The van der Waals surface area contributed by atoms with Crippen molar-refractivity contribution < 1.29 is 28.5 Å². The van der Waals surface area contributed by atoms with Crippen LogP contribution in [0.15, 0.2) is 0 Å². The van der Waals surface area contributed by atoms with Gasteiger partial charge >= 0.3 is 0 Å². The van der Waals surface area contributed by atoms with E-state index in [0.717, 1.165) is 25.7 Å². The summed E-state index contributed by atoms with van der Waals surface area (Å²) in [7, 11) is 7.02. The monoisotopic (exact) mass is 498 g/mol. The number of nitrogens with one attached hydrogen (secondary N) is 1. The van der Waals surface area contributed by atoms with Crippen LogP contribution in [-0.2, 0) is 28.5 Å². The number of methoxy groups -OCH3 is 3. The highest BCUT2D eigenvalue weighted by Crippen LogP contribution is 2.53. The molecule has 192 valence electrons. The fraction of sp³-hybridized carbons (Fsp3) is 0.920. The minimum absolute atomic E-state index is 0.0130. The number of rotatable bonds is 4. The quantitative estimate of drug-likeness (QED) is 0.465. The summed E-state index contributed by atoms with van der Waals surface area (Å²) in [6, 6.07) is 0.0505. The molecule has 8 unspecified atom stereocenters. The van der Waals surface area contributed by atoms with Gasteiger partial charge in [-0.15, -0.1) is 11.6 Å². The van der Waals surface area contributed by atoms with Crippen LogP contribution in [0.25, 0.3) is 0 Å². The molecule has 5 fully saturated rings. The molecule has 34 heavy (non-hydrogen) atoms. The Hall–Kier alpha value is -0.610. The van der Waals surface area contributed by atoms with E-state index in [1.54, 1.807) is 21.3 Å². The SMILES string of the molecule is COC1CCC(C2C3C(=O)[C@@]4(OC5C(Cl)C(OC)CC(OC)C5C4=O)[C@H](C)CC3NN2C)CC1. The van der Waals surface area contributed by atoms with Gasteiger partial charge in [0, 0.05) is 52.8 Å². The zero-order chi connectivity index (χ0) is 24.4. The Morgan fingerprint density at radius 2 is 1.62 bits per heavy atom. The van der Waals surface area contributed by atoms with Crippen molar-refractivity contribution in [3.8, 4) is 0 Å². The van der Waals surface area contributed by atoms with Crippen LogP contribution in [0.3, 0.4) is 0 Å². The molecule has 10 atom stereocenters. The number of halogens is 1. The third-order valence-corrected chi connectivity index (χ3v) is 10.1. The van der Waals surface area contributed by atoms with Gasteiger partial charge in [0.1, 0.15) is 0 Å². The Kier molecular flexibility index (Phi) is 6.90. The van der Waals surface area contributed by atoms with Crippen LogP contribution in [0.4, 0.5) is 0 Å². The van der Waals surface area contributed by atoms with Gasteiger partial charge in [0.15, 0.2) is 17.2 Å². The van der Waals surface area contributed by atoms with Crippen molar-refractivity contribution in [3.05, 3.63) is 0 Å². The summed E-state index contributed by atoms with van der Waals surface area (Å²) in [5.74, 6) is -0.925. The molecule has 0 aromatic carbocycles. The number of fused-ring (bicyclic) bond motifs is 2. The summed E-state index contributed by atoms with van der Waals surface area (Å²) in [6.07, 6.45) is 4.27. The van der Waals surface area contributed by atoms with E-state index in [1.165, 1.54) is 0 Å². The molecule has 9 heteroatoms. The maximum Gasteiger partial charge on any atom is 0.188 e. The first-order chi connectivity index (χ1) is 16.3. The molecule has 0 bridgehead atoms. The topological polar surface area (TPSA) is 86.3 Å². The van der Waals surface area contributed by atoms with Gasteiger partial charge in [-0.05, 0) is 38.0 Å². The van der Waals surface area contributed by atoms with Gasteiger partial charge < -0.3 is 18.9 Å². The second-order valence-corrected chi connectivity index (χ2v) is 11.6. The lowest BCUT2D eigenvalue weighted by Gasteiger charge is -2.44. The number of ether oxygens (including phenoxy) is 4. The predicted molar refractivity (Wildman–Crippen MR) is 125 cm³/mol. The molecule has 0 aromatic heterocycles. The van der Waals surface area contributed by atoms with E-state index in [0.29, 0.717) is 24.9 Å². The number of alkyl halides is 1. The minimum Gasteiger partial charge on any atom is -0.381 e. The highest BCUT2D eigenvalue weighted by atomic mass is 35.5. The normalized spacial score (nSPS) is 51.6. The van der Waals surface area contributed by atoms with E-state index < -0.39 is 23.0 Å². The first kappa shape index (κ1) is 25.1. The number of Topliss-reactive ketones (excluding diaryl/α,β-unsaturated/α-hetero) is 2. The van der Waals surface area contributed by atoms with E-state index in [9.17, 15) is 9.59 Å². The second-order valence-electron chi connectivity index (χ2n) is 11.1. The first-order valence-corrected chi connectivity index (χ1v) is 13.2. The van der Waals surface area contributed by atoms with Gasteiger partial charge in [-0.3, -0.25) is 15.0 Å². The lowest BCUT2D eigenvalue weighted by atomic mass is 9.61. The molecule has 8 nitrogen and oxygen atoms in total. The van der Waals surface area contributed by atoms with Crippen molar-refractivity contribution in [3.63, 3.8) is 0 Å². The van der Waals surface area contributed by atoms with Gasteiger partial charge in [0.05, 0.1) is 41.6 Å². The molecule has 2 aliphatic heterocycles. The molecule has 5 aliphatic rings. The Bertz CT molecular complexity index is 806. The van der Waals surface area contributed by atoms with Crippen LogP contribution in [0.5, 0.6) is 0 Å². The number of nitrogens with zero attached hydrogens (tertiary/aromatic N) is 1.